The zero-order valence-corrected chi connectivity index (χ0v) is 9.97. The van der Waals surface area contributed by atoms with Gasteiger partial charge in [-0.05, 0) is 59.0 Å². The van der Waals surface area contributed by atoms with Crippen LogP contribution in [0.4, 0.5) is 4.39 Å². The third-order valence-corrected chi connectivity index (χ3v) is 2.82. The molecular weight excluding hydrogens is 263 g/mol. The van der Waals surface area contributed by atoms with Gasteiger partial charge in [0.25, 0.3) is 0 Å². The normalized spacial score (nSPS) is 10.3. The Morgan fingerprint density at radius 2 is 2.20 bits per heavy atom. The molecule has 0 aliphatic heterocycles. The van der Waals surface area contributed by atoms with Crippen molar-refractivity contribution < 1.29 is 14.3 Å². The zero-order valence-electron chi connectivity index (χ0n) is 8.39. The number of hydrogen-bond donors (Lipinski definition) is 1. The van der Waals surface area contributed by atoms with Gasteiger partial charge in [0.2, 0.25) is 0 Å². The molecule has 0 aromatic heterocycles. The SMILES string of the molecule is Cc1cc(Br)c(F)cc1CCCC(=O)O. The molecule has 0 bridgehead atoms. The molecular formula is C11H12BrFO2. The van der Waals surface area contributed by atoms with Crippen LogP contribution >= 0.6 is 15.9 Å². The van der Waals surface area contributed by atoms with Crippen molar-refractivity contribution in [2.45, 2.75) is 26.2 Å². The van der Waals surface area contributed by atoms with E-state index in [0.29, 0.717) is 17.3 Å². The lowest BCUT2D eigenvalue weighted by atomic mass is 10.0. The fourth-order valence-electron chi connectivity index (χ4n) is 1.39. The lowest BCUT2D eigenvalue weighted by Gasteiger charge is -2.06. The summed E-state index contributed by atoms with van der Waals surface area (Å²) in [5.41, 5.74) is 1.85. The number of carboxylic acids is 1. The first-order valence-electron chi connectivity index (χ1n) is 4.67. The number of carboxylic acid groups (broad SMARTS) is 1. The molecule has 0 saturated carbocycles. The van der Waals surface area contributed by atoms with Gasteiger partial charge in [0.1, 0.15) is 5.82 Å². The molecule has 0 saturated heterocycles. The lowest BCUT2D eigenvalue weighted by Crippen LogP contribution is -1.98. The van der Waals surface area contributed by atoms with E-state index < -0.39 is 5.97 Å². The van der Waals surface area contributed by atoms with E-state index in [1.165, 1.54) is 6.07 Å². The molecule has 2 nitrogen and oxygen atoms in total. The molecule has 0 radical (unpaired) electrons. The fraction of sp³-hybridized carbons (Fsp3) is 0.364. The van der Waals surface area contributed by atoms with Crippen molar-refractivity contribution in [2.24, 2.45) is 0 Å². The molecule has 0 spiro atoms. The first-order valence-corrected chi connectivity index (χ1v) is 5.46. The van der Waals surface area contributed by atoms with Crippen LogP contribution in [0.25, 0.3) is 0 Å². The summed E-state index contributed by atoms with van der Waals surface area (Å²) >= 11 is 3.10. The maximum Gasteiger partial charge on any atom is 0.303 e. The molecule has 4 heteroatoms. The van der Waals surface area contributed by atoms with Crippen LogP contribution in [0, 0.1) is 12.7 Å². The first-order chi connectivity index (χ1) is 7.00. The van der Waals surface area contributed by atoms with E-state index in [0.717, 1.165) is 11.1 Å². The minimum Gasteiger partial charge on any atom is -0.481 e. The van der Waals surface area contributed by atoms with Crippen molar-refractivity contribution in [1.29, 1.82) is 0 Å². The Hall–Kier alpha value is -0.900. The fourth-order valence-corrected chi connectivity index (χ4v) is 1.84. The maximum atomic E-state index is 13.2. The summed E-state index contributed by atoms with van der Waals surface area (Å²) in [7, 11) is 0. The quantitative estimate of drug-likeness (QED) is 0.915. The molecule has 1 rings (SSSR count). The largest absolute Gasteiger partial charge is 0.481 e. The Morgan fingerprint density at radius 3 is 2.80 bits per heavy atom. The second-order valence-corrected chi connectivity index (χ2v) is 4.29. The summed E-state index contributed by atoms with van der Waals surface area (Å²) in [4.78, 5) is 10.3. The highest BCUT2D eigenvalue weighted by molar-refractivity contribution is 9.10. The predicted molar refractivity (Wildman–Crippen MR) is 59.4 cm³/mol. The molecule has 0 aliphatic carbocycles. The highest BCUT2D eigenvalue weighted by Gasteiger charge is 2.06. The Morgan fingerprint density at radius 1 is 1.53 bits per heavy atom. The summed E-state index contributed by atoms with van der Waals surface area (Å²) in [5, 5.41) is 8.48. The van der Waals surface area contributed by atoms with Crippen molar-refractivity contribution >= 4 is 21.9 Å². The molecule has 82 valence electrons. The Balaban J connectivity index is 2.69. The first kappa shape index (κ1) is 12.2. The van der Waals surface area contributed by atoms with E-state index in [1.807, 2.05) is 6.92 Å². The number of rotatable bonds is 4. The molecule has 0 heterocycles. The van der Waals surface area contributed by atoms with E-state index in [9.17, 15) is 9.18 Å². The molecule has 15 heavy (non-hydrogen) atoms. The van der Waals surface area contributed by atoms with Crippen molar-refractivity contribution in [3.63, 3.8) is 0 Å². The number of aryl methyl sites for hydroxylation is 2. The van der Waals surface area contributed by atoms with E-state index in [1.54, 1.807) is 6.07 Å². The van der Waals surface area contributed by atoms with Crippen LogP contribution in [0.5, 0.6) is 0 Å². The average molecular weight is 275 g/mol. The van der Waals surface area contributed by atoms with Gasteiger partial charge in [-0.15, -0.1) is 0 Å². The molecule has 0 atom stereocenters. The summed E-state index contributed by atoms with van der Waals surface area (Å²) in [6.45, 7) is 1.89. The van der Waals surface area contributed by atoms with Crippen molar-refractivity contribution in [2.75, 3.05) is 0 Å². The van der Waals surface area contributed by atoms with Gasteiger partial charge in [-0.3, -0.25) is 4.79 Å². The highest BCUT2D eigenvalue weighted by Crippen LogP contribution is 2.21. The van der Waals surface area contributed by atoms with E-state index in [-0.39, 0.29) is 12.2 Å². The van der Waals surface area contributed by atoms with Gasteiger partial charge in [-0.25, -0.2) is 4.39 Å². The molecule has 0 amide bonds. The predicted octanol–water partition coefficient (Wildman–Crippen LogP) is 3.30. The summed E-state index contributed by atoms with van der Waals surface area (Å²) < 4.78 is 13.6. The van der Waals surface area contributed by atoms with E-state index in [2.05, 4.69) is 15.9 Å². The monoisotopic (exact) mass is 274 g/mol. The topological polar surface area (TPSA) is 37.3 Å². The number of benzene rings is 1. The van der Waals surface area contributed by atoms with E-state index >= 15 is 0 Å². The second kappa shape index (κ2) is 5.26. The Labute approximate surface area is 96.2 Å². The molecule has 0 aliphatic rings. The minimum absolute atomic E-state index is 0.122. The van der Waals surface area contributed by atoms with Crippen molar-refractivity contribution in [3.05, 3.63) is 33.5 Å². The third kappa shape index (κ3) is 3.63. The van der Waals surface area contributed by atoms with Gasteiger partial charge in [0.15, 0.2) is 0 Å². The van der Waals surface area contributed by atoms with Gasteiger partial charge >= 0.3 is 5.97 Å². The van der Waals surface area contributed by atoms with Crippen LogP contribution in [-0.4, -0.2) is 11.1 Å². The highest BCUT2D eigenvalue weighted by atomic mass is 79.9. The zero-order chi connectivity index (χ0) is 11.4. The summed E-state index contributed by atoms with van der Waals surface area (Å²) in [5.74, 6) is -1.11. The van der Waals surface area contributed by atoms with Crippen molar-refractivity contribution in [3.8, 4) is 0 Å². The van der Waals surface area contributed by atoms with Crippen LogP contribution in [0.2, 0.25) is 0 Å². The van der Waals surface area contributed by atoms with Gasteiger partial charge in [0, 0.05) is 6.42 Å². The smallest absolute Gasteiger partial charge is 0.303 e. The maximum absolute atomic E-state index is 13.2. The summed E-state index contributed by atoms with van der Waals surface area (Å²) in [6.07, 6.45) is 1.26. The molecule has 1 aromatic carbocycles. The number of hydrogen-bond acceptors (Lipinski definition) is 1. The standard InChI is InChI=1S/C11H12BrFO2/c1-7-5-9(12)10(13)6-8(7)3-2-4-11(14)15/h5-6H,2-4H2,1H3,(H,14,15). The van der Waals surface area contributed by atoms with Gasteiger partial charge in [-0.1, -0.05) is 0 Å². The van der Waals surface area contributed by atoms with Gasteiger partial charge in [0.05, 0.1) is 4.47 Å². The van der Waals surface area contributed by atoms with Crippen LogP contribution in [0.3, 0.4) is 0 Å². The Bertz CT molecular complexity index is 377. The van der Waals surface area contributed by atoms with Crippen molar-refractivity contribution in [1.82, 2.24) is 0 Å². The average Bonchev–Trinajstić information content (AvgIpc) is 2.13. The van der Waals surface area contributed by atoms with Gasteiger partial charge < -0.3 is 5.11 Å². The third-order valence-electron chi connectivity index (χ3n) is 2.22. The molecule has 0 fully saturated rings. The second-order valence-electron chi connectivity index (χ2n) is 3.44. The number of halogens is 2. The van der Waals surface area contributed by atoms with Crippen LogP contribution in [-0.2, 0) is 11.2 Å². The number of aliphatic carboxylic acids is 1. The molecule has 0 unspecified atom stereocenters. The lowest BCUT2D eigenvalue weighted by molar-refractivity contribution is -0.137. The van der Waals surface area contributed by atoms with E-state index in [4.69, 9.17) is 5.11 Å². The van der Waals surface area contributed by atoms with Crippen LogP contribution < -0.4 is 0 Å². The van der Waals surface area contributed by atoms with Gasteiger partial charge in [-0.2, -0.15) is 0 Å². The molecule has 1 N–H and O–H groups in total. The number of carbonyl (C=O) groups is 1. The minimum atomic E-state index is -0.815. The summed E-state index contributed by atoms with van der Waals surface area (Å²) in [6, 6.07) is 3.17. The van der Waals surface area contributed by atoms with Crippen LogP contribution in [0.1, 0.15) is 24.0 Å². The molecule has 1 aromatic rings. The Kier molecular flexibility index (Phi) is 4.27. The van der Waals surface area contributed by atoms with Crippen LogP contribution in [0.15, 0.2) is 16.6 Å².